The molecule has 1 heterocycles. The Kier molecular flexibility index (Phi) is 7.28. The Morgan fingerprint density at radius 2 is 1.97 bits per heavy atom. The summed E-state index contributed by atoms with van der Waals surface area (Å²) in [7, 11) is 1.64. The molecule has 1 unspecified atom stereocenters. The molecule has 0 saturated heterocycles. The molecule has 0 radical (unpaired) electrons. The van der Waals surface area contributed by atoms with Gasteiger partial charge in [0.05, 0.1) is 18.2 Å². The molecule has 164 valence electrons. The summed E-state index contributed by atoms with van der Waals surface area (Å²) in [6.45, 7) is 1.20. The predicted octanol–water partition coefficient (Wildman–Crippen LogP) is 1.71. The van der Waals surface area contributed by atoms with Gasteiger partial charge in [-0.15, -0.1) is 0 Å². The highest BCUT2D eigenvalue weighted by Crippen LogP contribution is 2.34. The van der Waals surface area contributed by atoms with Crippen molar-refractivity contribution in [2.45, 2.75) is 44.2 Å². The molecule has 2 aliphatic rings. The fraction of sp³-hybridized carbons (Fsp3) is 0.571. The number of para-hydroxylation sites is 1. The molecule has 0 aromatic heterocycles. The number of hydrogen-bond donors (Lipinski definition) is 4. The van der Waals surface area contributed by atoms with Crippen LogP contribution in [0.2, 0.25) is 0 Å². The minimum absolute atomic E-state index is 0.0628. The number of nitrogens with two attached hydrogens (primary N) is 2. The quantitative estimate of drug-likeness (QED) is 0.373. The van der Waals surface area contributed by atoms with E-state index in [4.69, 9.17) is 16.2 Å². The van der Waals surface area contributed by atoms with Crippen molar-refractivity contribution in [1.82, 2.24) is 10.6 Å². The van der Waals surface area contributed by atoms with E-state index in [1.165, 1.54) is 6.20 Å². The Labute approximate surface area is 177 Å². The highest BCUT2D eigenvalue weighted by atomic mass is 16.6. The van der Waals surface area contributed by atoms with Crippen LogP contribution in [-0.4, -0.2) is 36.7 Å². The van der Waals surface area contributed by atoms with Crippen molar-refractivity contribution < 1.29 is 9.66 Å². The van der Waals surface area contributed by atoms with Crippen molar-refractivity contribution in [1.29, 1.82) is 0 Å². The third kappa shape index (κ3) is 5.28. The van der Waals surface area contributed by atoms with Crippen molar-refractivity contribution in [3.63, 3.8) is 0 Å². The Hall–Kier alpha value is -2.65. The summed E-state index contributed by atoms with van der Waals surface area (Å²) in [5.74, 6) is 2.14. The average molecular weight is 417 g/mol. The molecule has 0 bridgehead atoms. The molecule has 1 fully saturated rings. The second-order valence-corrected chi connectivity index (χ2v) is 8.15. The number of aliphatic imine (C=N–C) groups is 1. The monoisotopic (exact) mass is 416 g/mol. The molecule has 30 heavy (non-hydrogen) atoms. The van der Waals surface area contributed by atoms with Crippen LogP contribution in [0, 0.1) is 22.0 Å². The van der Waals surface area contributed by atoms with Gasteiger partial charge in [0.2, 0.25) is 0 Å². The number of nitro groups is 1. The van der Waals surface area contributed by atoms with Crippen molar-refractivity contribution in [3.05, 3.63) is 51.8 Å². The lowest BCUT2D eigenvalue weighted by atomic mass is 9.77. The summed E-state index contributed by atoms with van der Waals surface area (Å²) in [4.78, 5) is 15.7. The highest BCUT2D eigenvalue weighted by molar-refractivity contribution is 5.83. The van der Waals surface area contributed by atoms with Gasteiger partial charge >= 0.3 is 5.70 Å². The summed E-state index contributed by atoms with van der Waals surface area (Å²) in [5.41, 5.74) is 12.1. The minimum atomic E-state index is -1.25. The minimum Gasteiger partial charge on any atom is -0.496 e. The van der Waals surface area contributed by atoms with Crippen LogP contribution in [-0.2, 0) is 6.42 Å². The predicted molar refractivity (Wildman–Crippen MR) is 116 cm³/mol. The van der Waals surface area contributed by atoms with Crippen LogP contribution >= 0.6 is 0 Å². The topological polar surface area (TPSA) is 141 Å². The number of nitrogens with zero attached hydrogens (tertiary/aromatic N) is 2. The summed E-state index contributed by atoms with van der Waals surface area (Å²) in [6.07, 6.45) is 6.61. The number of hydrogen-bond acceptors (Lipinski definition) is 6. The molecule has 1 aliphatic carbocycles. The van der Waals surface area contributed by atoms with Crippen molar-refractivity contribution >= 4 is 5.96 Å². The van der Waals surface area contributed by atoms with Crippen LogP contribution in [0.1, 0.15) is 37.7 Å². The van der Waals surface area contributed by atoms with Gasteiger partial charge in [-0.3, -0.25) is 20.8 Å². The molecule has 1 saturated carbocycles. The van der Waals surface area contributed by atoms with Gasteiger partial charge in [-0.1, -0.05) is 18.2 Å². The summed E-state index contributed by atoms with van der Waals surface area (Å²) < 4.78 is 5.37. The maximum absolute atomic E-state index is 11.6. The maximum atomic E-state index is 11.6. The van der Waals surface area contributed by atoms with Gasteiger partial charge in [-0.25, -0.2) is 0 Å². The number of methoxy groups -OCH3 is 1. The fourth-order valence-corrected chi connectivity index (χ4v) is 4.36. The van der Waals surface area contributed by atoms with Gasteiger partial charge in [-0.2, -0.15) is 0 Å². The van der Waals surface area contributed by atoms with E-state index in [-0.39, 0.29) is 5.70 Å². The SMILES string of the molecule is COc1ccccc1CCN=C1NC=C([N+](=O)[O-])C(N)(CC2CCC(CN)CC2)N1. The van der Waals surface area contributed by atoms with Crippen molar-refractivity contribution in [2.24, 2.45) is 28.3 Å². The number of ether oxygens (including phenoxy) is 1. The normalized spacial score (nSPS) is 27.7. The van der Waals surface area contributed by atoms with Crippen LogP contribution in [0.5, 0.6) is 5.75 Å². The van der Waals surface area contributed by atoms with Gasteiger partial charge in [0.25, 0.3) is 0 Å². The summed E-state index contributed by atoms with van der Waals surface area (Å²) in [5, 5.41) is 17.6. The Morgan fingerprint density at radius 1 is 1.27 bits per heavy atom. The first-order valence-corrected chi connectivity index (χ1v) is 10.5. The van der Waals surface area contributed by atoms with Crippen LogP contribution in [0.15, 0.2) is 41.2 Å². The number of guanidine groups is 1. The van der Waals surface area contributed by atoms with E-state index in [2.05, 4.69) is 15.6 Å². The zero-order valence-corrected chi connectivity index (χ0v) is 17.5. The first kappa shape index (κ1) is 22.0. The number of nitrogens with one attached hydrogen (secondary N) is 2. The summed E-state index contributed by atoms with van der Waals surface area (Å²) >= 11 is 0. The molecule has 1 aromatic carbocycles. The Morgan fingerprint density at radius 3 is 2.63 bits per heavy atom. The van der Waals surface area contributed by atoms with Gasteiger partial charge < -0.3 is 21.1 Å². The van der Waals surface area contributed by atoms with Gasteiger partial charge in [0.15, 0.2) is 11.6 Å². The smallest absolute Gasteiger partial charge is 0.301 e. The molecule has 0 spiro atoms. The fourth-order valence-electron chi connectivity index (χ4n) is 4.36. The van der Waals surface area contributed by atoms with E-state index >= 15 is 0 Å². The van der Waals surface area contributed by atoms with E-state index in [0.29, 0.717) is 43.7 Å². The highest BCUT2D eigenvalue weighted by Gasteiger charge is 2.44. The van der Waals surface area contributed by atoms with E-state index in [1.54, 1.807) is 7.11 Å². The summed E-state index contributed by atoms with van der Waals surface area (Å²) in [6, 6.07) is 7.79. The molecule has 9 heteroatoms. The molecule has 1 aromatic rings. The molecule has 9 nitrogen and oxygen atoms in total. The molecule has 3 rings (SSSR count). The Bertz CT molecular complexity index is 804. The lowest BCUT2D eigenvalue weighted by molar-refractivity contribution is -0.437. The standard InChI is InChI=1S/C21H32N6O3/c1-30-18-5-3-2-4-17(18)10-11-24-20-25-14-19(27(28)29)21(23,26-20)12-15-6-8-16(13-22)9-7-15/h2-5,14-16H,6-13,22-23H2,1H3,(H2,24,25,26). The van der Waals surface area contributed by atoms with Crippen LogP contribution < -0.4 is 26.8 Å². The van der Waals surface area contributed by atoms with E-state index in [0.717, 1.165) is 37.0 Å². The van der Waals surface area contributed by atoms with E-state index < -0.39 is 10.6 Å². The van der Waals surface area contributed by atoms with Crippen molar-refractivity contribution in [3.8, 4) is 5.75 Å². The number of benzene rings is 1. The second-order valence-electron chi connectivity index (χ2n) is 8.15. The van der Waals surface area contributed by atoms with E-state index in [1.807, 2.05) is 24.3 Å². The zero-order chi connectivity index (χ0) is 21.6. The van der Waals surface area contributed by atoms with Crippen molar-refractivity contribution in [2.75, 3.05) is 20.2 Å². The second kappa shape index (κ2) is 9.90. The molecule has 6 N–H and O–H groups in total. The number of rotatable bonds is 8. The zero-order valence-electron chi connectivity index (χ0n) is 17.5. The van der Waals surface area contributed by atoms with Gasteiger partial charge in [-0.05, 0) is 68.5 Å². The molecule has 1 aliphatic heterocycles. The molecule has 1 atom stereocenters. The van der Waals surface area contributed by atoms with Gasteiger partial charge in [0, 0.05) is 6.54 Å². The first-order chi connectivity index (χ1) is 14.4. The van der Waals surface area contributed by atoms with Gasteiger partial charge in [0.1, 0.15) is 5.75 Å². The molecular weight excluding hydrogens is 384 g/mol. The lowest BCUT2D eigenvalue weighted by Crippen LogP contribution is -2.64. The molecular formula is C21H32N6O3. The third-order valence-electron chi connectivity index (χ3n) is 6.09. The maximum Gasteiger partial charge on any atom is 0.301 e. The average Bonchev–Trinajstić information content (AvgIpc) is 2.74. The lowest BCUT2D eigenvalue weighted by Gasteiger charge is -2.37. The van der Waals surface area contributed by atoms with Crippen LogP contribution in [0.25, 0.3) is 0 Å². The van der Waals surface area contributed by atoms with E-state index in [9.17, 15) is 10.1 Å². The third-order valence-corrected chi connectivity index (χ3v) is 6.09. The largest absolute Gasteiger partial charge is 0.496 e. The Balaban J connectivity index is 1.67. The van der Waals surface area contributed by atoms with Crippen LogP contribution in [0.3, 0.4) is 0 Å². The first-order valence-electron chi connectivity index (χ1n) is 10.5. The molecule has 0 amide bonds. The van der Waals surface area contributed by atoms with Crippen LogP contribution in [0.4, 0.5) is 0 Å².